The Morgan fingerprint density at radius 3 is 2.50 bits per heavy atom. The number of rotatable bonds is 17. The third-order valence-corrected chi connectivity index (χ3v) is 10.4. The molecular formula is C45H52N6O7. The van der Waals surface area contributed by atoms with Crippen molar-refractivity contribution in [3.8, 4) is 16.9 Å². The number of aromatic amines is 1. The van der Waals surface area contributed by atoms with E-state index >= 15 is 0 Å². The van der Waals surface area contributed by atoms with Crippen LogP contribution in [0.5, 0.6) is 5.75 Å². The van der Waals surface area contributed by atoms with Gasteiger partial charge in [0.15, 0.2) is 0 Å². The molecule has 58 heavy (non-hydrogen) atoms. The molecule has 6 N–H and O–H groups in total. The zero-order chi connectivity index (χ0) is 40.9. The summed E-state index contributed by atoms with van der Waals surface area (Å²) >= 11 is 0. The molecule has 2 heterocycles. The monoisotopic (exact) mass is 788 g/mol. The summed E-state index contributed by atoms with van der Waals surface area (Å²) in [4.78, 5) is 56.6. The number of hydrogen-bond acceptors (Lipinski definition) is 9. The van der Waals surface area contributed by atoms with Gasteiger partial charge in [0.1, 0.15) is 11.9 Å². The van der Waals surface area contributed by atoms with Crippen LogP contribution >= 0.6 is 0 Å². The molecule has 5 aromatic rings. The zero-order valence-corrected chi connectivity index (χ0v) is 32.8. The van der Waals surface area contributed by atoms with E-state index < -0.39 is 12.2 Å². The predicted molar refractivity (Wildman–Crippen MR) is 226 cm³/mol. The van der Waals surface area contributed by atoms with Crippen molar-refractivity contribution < 1.29 is 29.3 Å². The van der Waals surface area contributed by atoms with E-state index in [1.165, 1.54) is 12.1 Å². The number of pyridine rings is 1. The van der Waals surface area contributed by atoms with Crippen LogP contribution in [0.15, 0.2) is 108 Å². The van der Waals surface area contributed by atoms with Crippen LogP contribution in [0.3, 0.4) is 0 Å². The van der Waals surface area contributed by atoms with E-state index in [0.29, 0.717) is 79.6 Å². The van der Waals surface area contributed by atoms with Crippen LogP contribution < -0.4 is 21.5 Å². The van der Waals surface area contributed by atoms with Crippen LogP contribution in [0.4, 0.5) is 16.2 Å². The highest BCUT2D eigenvalue weighted by Crippen LogP contribution is 2.29. The topological polar surface area (TPSA) is 176 Å². The molecule has 13 heteroatoms. The number of phenols is 1. The number of para-hydroxylation sites is 1. The predicted octanol–water partition coefficient (Wildman–Crippen LogP) is 6.05. The minimum Gasteiger partial charge on any atom is -0.506 e. The number of anilines is 2. The number of hydrogen-bond donors (Lipinski definition) is 6. The molecule has 1 fully saturated rings. The maximum atomic E-state index is 12.9. The smallest absolute Gasteiger partial charge is 0.411 e. The van der Waals surface area contributed by atoms with Crippen molar-refractivity contribution in [2.45, 2.75) is 50.7 Å². The minimum absolute atomic E-state index is 0.0248. The van der Waals surface area contributed by atoms with E-state index in [2.05, 4.69) is 25.8 Å². The average molecular weight is 789 g/mol. The fraction of sp³-hybridized carbons (Fsp3) is 0.333. The van der Waals surface area contributed by atoms with Crippen LogP contribution in [0.25, 0.3) is 22.0 Å². The standard InChI is InChI=1S/C45H52N6O7/c1-50(43(56)23-28-51-26-21-34(22-27-51)58-45(57)48-38-14-6-5-13-35(38)32-10-3-2-4-11-32)25-8-15-41(54)47-33-12-7-9-31(29-33)20-24-46-30-40(53)36-16-18-39(52)44-37(36)17-19-42(55)49-44/h2-7,9-14,16-19,29,34,40,46,52-53H,8,15,20-28,30H2,1H3,(H,47,54)(H,48,57)(H,49,55)/t40-/m0/s1. The Morgan fingerprint density at radius 2 is 1.69 bits per heavy atom. The van der Waals surface area contributed by atoms with Gasteiger partial charge in [0.05, 0.1) is 17.3 Å². The Morgan fingerprint density at radius 1 is 0.914 bits per heavy atom. The number of nitrogens with one attached hydrogen (secondary N) is 4. The number of aliphatic hydroxyl groups is 1. The van der Waals surface area contributed by atoms with Gasteiger partial charge in [-0.3, -0.25) is 19.7 Å². The first-order valence-electron chi connectivity index (χ1n) is 19.8. The fourth-order valence-electron chi connectivity index (χ4n) is 7.21. The average Bonchev–Trinajstić information content (AvgIpc) is 3.23. The molecule has 0 spiro atoms. The molecule has 0 radical (unpaired) electrons. The Balaban J connectivity index is 0.835. The van der Waals surface area contributed by atoms with Gasteiger partial charge in [0.25, 0.3) is 0 Å². The van der Waals surface area contributed by atoms with Crippen LogP contribution in [0.1, 0.15) is 49.3 Å². The number of nitrogens with zero attached hydrogens (tertiary/aromatic N) is 2. The van der Waals surface area contributed by atoms with Crippen LogP contribution in [0, 0.1) is 0 Å². The highest BCUT2D eigenvalue weighted by atomic mass is 16.6. The first-order valence-corrected chi connectivity index (χ1v) is 19.8. The van der Waals surface area contributed by atoms with E-state index in [0.717, 1.165) is 29.8 Å². The zero-order valence-electron chi connectivity index (χ0n) is 32.8. The quantitative estimate of drug-likeness (QED) is 0.0613. The number of piperidine rings is 1. The highest BCUT2D eigenvalue weighted by molar-refractivity contribution is 5.92. The number of phenolic OH excluding ortho intramolecular Hbond substituents is 1. The number of benzene rings is 4. The largest absolute Gasteiger partial charge is 0.506 e. The number of ether oxygens (including phenoxy) is 1. The Bertz CT molecular complexity index is 2220. The summed E-state index contributed by atoms with van der Waals surface area (Å²) < 4.78 is 5.75. The Hall–Kier alpha value is -6.02. The summed E-state index contributed by atoms with van der Waals surface area (Å²) in [7, 11) is 1.76. The van der Waals surface area contributed by atoms with Crippen LogP contribution in [-0.4, -0.2) is 95.3 Å². The van der Waals surface area contributed by atoms with Gasteiger partial charge in [0.2, 0.25) is 17.4 Å². The number of H-pyrrole nitrogens is 1. The lowest BCUT2D eigenvalue weighted by molar-refractivity contribution is -0.130. The van der Waals surface area contributed by atoms with E-state index in [9.17, 15) is 29.4 Å². The molecule has 1 atom stereocenters. The van der Waals surface area contributed by atoms with Gasteiger partial charge in [-0.05, 0) is 79.3 Å². The first kappa shape index (κ1) is 41.6. The minimum atomic E-state index is -0.851. The van der Waals surface area contributed by atoms with Crippen molar-refractivity contribution in [2.75, 3.05) is 56.9 Å². The molecule has 0 unspecified atom stereocenters. The molecule has 1 aliphatic heterocycles. The van der Waals surface area contributed by atoms with Gasteiger partial charge in [-0.1, -0.05) is 66.7 Å². The summed E-state index contributed by atoms with van der Waals surface area (Å²) in [5.74, 6) is -0.155. The van der Waals surface area contributed by atoms with Crippen molar-refractivity contribution >= 4 is 40.2 Å². The normalized spacial score (nSPS) is 13.8. The van der Waals surface area contributed by atoms with Gasteiger partial charge in [-0.15, -0.1) is 0 Å². The van der Waals surface area contributed by atoms with Crippen molar-refractivity contribution in [2.24, 2.45) is 0 Å². The van der Waals surface area contributed by atoms with Gasteiger partial charge in [-0.2, -0.15) is 0 Å². The summed E-state index contributed by atoms with van der Waals surface area (Å²) in [6.45, 7) is 3.42. The SMILES string of the molecule is CN(CCCC(=O)Nc1cccc(CCNC[C@H](O)c2ccc(O)c3[nH]c(=O)ccc23)c1)C(=O)CCN1CCC(OC(=O)Nc2ccccc2-c2ccccc2)CC1. The number of aromatic nitrogens is 1. The fourth-order valence-corrected chi connectivity index (χ4v) is 7.21. The molecule has 304 valence electrons. The third kappa shape index (κ3) is 11.8. The van der Waals surface area contributed by atoms with E-state index in [1.54, 1.807) is 24.1 Å². The lowest BCUT2D eigenvalue weighted by Gasteiger charge is -2.31. The van der Waals surface area contributed by atoms with Crippen molar-refractivity contribution in [1.29, 1.82) is 0 Å². The summed E-state index contributed by atoms with van der Waals surface area (Å²) in [5.41, 5.74) is 4.91. The maximum Gasteiger partial charge on any atom is 0.411 e. The molecule has 1 aromatic heterocycles. The van der Waals surface area contributed by atoms with E-state index in [-0.39, 0.29) is 42.2 Å². The molecule has 0 aliphatic carbocycles. The molecule has 4 aromatic carbocycles. The Kier molecular flexibility index (Phi) is 14.6. The van der Waals surface area contributed by atoms with Crippen LogP contribution in [0.2, 0.25) is 0 Å². The molecule has 1 saturated heterocycles. The summed E-state index contributed by atoms with van der Waals surface area (Å²) in [6, 6.07) is 31.2. The molecule has 0 saturated carbocycles. The molecule has 3 amide bonds. The molecule has 1 aliphatic rings. The van der Waals surface area contributed by atoms with E-state index in [1.807, 2.05) is 78.9 Å². The third-order valence-electron chi connectivity index (χ3n) is 10.4. The molecule has 6 rings (SSSR count). The second-order valence-electron chi connectivity index (χ2n) is 14.7. The second kappa shape index (κ2) is 20.4. The first-order chi connectivity index (χ1) is 28.1. The lowest BCUT2D eigenvalue weighted by Crippen LogP contribution is -2.40. The van der Waals surface area contributed by atoms with Crippen molar-refractivity contribution in [3.05, 3.63) is 125 Å². The Labute approximate surface area is 338 Å². The number of carbonyl (C=O) groups is 3. The van der Waals surface area contributed by atoms with E-state index in [4.69, 9.17) is 4.74 Å². The van der Waals surface area contributed by atoms with Gasteiger partial charge < -0.3 is 40.4 Å². The molecule has 0 bridgehead atoms. The number of aromatic hydroxyl groups is 1. The molecular weight excluding hydrogens is 737 g/mol. The number of fused-ring (bicyclic) bond motifs is 1. The highest BCUT2D eigenvalue weighted by Gasteiger charge is 2.24. The number of carbonyl (C=O) groups excluding carboxylic acids is 3. The van der Waals surface area contributed by atoms with Crippen molar-refractivity contribution in [1.82, 2.24) is 20.1 Å². The molecule has 13 nitrogen and oxygen atoms in total. The van der Waals surface area contributed by atoms with Crippen LogP contribution in [-0.2, 0) is 20.7 Å². The number of aliphatic hydroxyl groups excluding tert-OH is 1. The van der Waals surface area contributed by atoms with Crippen molar-refractivity contribution in [3.63, 3.8) is 0 Å². The van der Waals surface area contributed by atoms with Gasteiger partial charge >= 0.3 is 6.09 Å². The van der Waals surface area contributed by atoms with Gasteiger partial charge in [-0.25, -0.2) is 4.79 Å². The maximum absolute atomic E-state index is 12.9. The number of amides is 3. The number of likely N-dealkylation sites (tertiary alicyclic amines) is 1. The summed E-state index contributed by atoms with van der Waals surface area (Å²) in [5, 5.41) is 30.6. The van der Waals surface area contributed by atoms with Gasteiger partial charge in [0, 0.05) is 75.3 Å². The second-order valence-corrected chi connectivity index (χ2v) is 14.7. The summed E-state index contributed by atoms with van der Waals surface area (Å²) in [6.07, 6.45) is 1.74. The lowest BCUT2D eigenvalue weighted by atomic mass is 10.0.